The van der Waals surface area contributed by atoms with Crippen molar-refractivity contribution in [2.45, 2.75) is 38.5 Å². The molecular weight excluding hydrogens is 711 g/mol. The molecule has 0 unspecified atom stereocenters. The number of benzene rings is 9. The van der Waals surface area contributed by atoms with Gasteiger partial charge in [0.2, 0.25) is 0 Å². The molecule has 0 bridgehead atoms. The average Bonchev–Trinajstić information content (AvgIpc) is 3.66. The molecule has 9 aromatic carbocycles. The molecule has 9 aromatic rings. The van der Waals surface area contributed by atoms with Crippen LogP contribution < -0.4 is 4.90 Å². The maximum atomic E-state index is 2.49. The Morgan fingerprint density at radius 1 is 0.322 bits per heavy atom. The third-order valence-corrected chi connectivity index (χ3v) is 13.2. The van der Waals surface area contributed by atoms with Gasteiger partial charge >= 0.3 is 0 Å². The van der Waals surface area contributed by atoms with Crippen LogP contribution in [0.1, 0.15) is 49.9 Å². The van der Waals surface area contributed by atoms with E-state index in [0.717, 1.165) is 11.4 Å². The van der Waals surface area contributed by atoms with Crippen LogP contribution in [0.2, 0.25) is 0 Å². The molecule has 0 saturated heterocycles. The first-order chi connectivity index (χ1) is 28.8. The van der Waals surface area contributed by atoms with Crippen molar-refractivity contribution in [1.82, 2.24) is 0 Å². The van der Waals surface area contributed by atoms with Crippen molar-refractivity contribution in [3.63, 3.8) is 0 Å². The molecule has 0 radical (unpaired) electrons. The Hall–Kier alpha value is -6.96. The molecule has 0 saturated carbocycles. The Kier molecular flexibility index (Phi) is 7.94. The third-order valence-electron chi connectivity index (χ3n) is 13.2. The van der Waals surface area contributed by atoms with E-state index in [0.29, 0.717) is 0 Å². The van der Waals surface area contributed by atoms with Gasteiger partial charge in [0.05, 0.1) is 5.69 Å². The van der Waals surface area contributed by atoms with Crippen LogP contribution in [0.15, 0.2) is 200 Å². The normalized spacial score (nSPS) is 14.0. The molecule has 1 nitrogen and oxygen atoms in total. The van der Waals surface area contributed by atoms with Gasteiger partial charge in [0.25, 0.3) is 0 Å². The lowest BCUT2D eigenvalue weighted by atomic mass is 9.79. The smallest absolute Gasteiger partial charge is 0.0618 e. The minimum atomic E-state index is -0.125. The summed E-state index contributed by atoms with van der Waals surface area (Å²) in [5.41, 5.74) is 21.5. The lowest BCUT2D eigenvalue weighted by Crippen LogP contribution is -2.16. The summed E-state index contributed by atoms with van der Waals surface area (Å²) >= 11 is 0. The summed E-state index contributed by atoms with van der Waals surface area (Å²) in [5.74, 6) is 0. The van der Waals surface area contributed by atoms with Gasteiger partial charge in [-0.1, -0.05) is 198 Å². The van der Waals surface area contributed by atoms with E-state index in [1.165, 1.54) is 94.3 Å². The topological polar surface area (TPSA) is 3.24 Å². The Morgan fingerprint density at radius 3 is 1.69 bits per heavy atom. The van der Waals surface area contributed by atoms with Crippen LogP contribution in [0.5, 0.6) is 0 Å². The van der Waals surface area contributed by atoms with Gasteiger partial charge in [0.15, 0.2) is 0 Å². The van der Waals surface area contributed by atoms with Crippen LogP contribution >= 0.6 is 0 Å². The predicted octanol–water partition coefficient (Wildman–Crippen LogP) is 15.9. The maximum absolute atomic E-state index is 2.49. The molecule has 0 amide bonds. The van der Waals surface area contributed by atoms with E-state index >= 15 is 0 Å². The van der Waals surface area contributed by atoms with E-state index in [1.54, 1.807) is 0 Å². The molecule has 0 aliphatic heterocycles. The lowest BCUT2D eigenvalue weighted by molar-refractivity contribution is 0.660. The van der Waals surface area contributed by atoms with Crippen molar-refractivity contribution >= 4 is 27.8 Å². The molecule has 1 heteroatoms. The standard InChI is InChI=1S/C58H45N/c1-57(2)52-26-12-10-22-48(52)50-35-31-41(37-54(50)57)38-28-32-43(33-29-38)59(56-46-21-9-8-18-40(46)30-34-47(56)39-16-6-5-7-17-39)44-20-14-19-42(36-44)45-24-15-25-51-49-23-11-13-27-53(49)58(3,4)55(45)51/h5-37H,1-4H3. The van der Waals surface area contributed by atoms with Crippen LogP contribution in [0.25, 0.3) is 66.4 Å². The first-order valence-electron chi connectivity index (χ1n) is 20.8. The van der Waals surface area contributed by atoms with Gasteiger partial charge in [0, 0.05) is 33.2 Å². The minimum absolute atomic E-state index is 0.0528. The van der Waals surface area contributed by atoms with E-state index in [9.17, 15) is 0 Å². The molecule has 0 heterocycles. The Bertz CT molecular complexity index is 3090. The van der Waals surface area contributed by atoms with Crippen LogP contribution in [0.4, 0.5) is 17.1 Å². The SMILES string of the molecule is CC1(C)c2ccccc2-c2ccc(-c3ccc(N(c4cccc(-c5cccc6c5C(C)(C)c5ccccc5-6)c4)c4c(-c5ccccc5)ccc5ccccc45)cc3)cc21. The molecule has 0 atom stereocenters. The Morgan fingerprint density at radius 2 is 0.898 bits per heavy atom. The summed E-state index contributed by atoms with van der Waals surface area (Å²) in [6, 6.07) is 74.3. The average molecular weight is 756 g/mol. The van der Waals surface area contributed by atoms with Crippen molar-refractivity contribution in [2.75, 3.05) is 4.90 Å². The van der Waals surface area contributed by atoms with E-state index in [2.05, 4.69) is 233 Å². The van der Waals surface area contributed by atoms with Crippen molar-refractivity contribution in [1.29, 1.82) is 0 Å². The Labute approximate surface area is 347 Å². The predicted molar refractivity (Wildman–Crippen MR) is 250 cm³/mol. The zero-order valence-electron chi connectivity index (χ0n) is 34.0. The molecule has 0 fully saturated rings. The van der Waals surface area contributed by atoms with Gasteiger partial charge in [-0.25, -0.2) is 0 Å². The highest BCUT2D eigenvalue weighted by molar-refractivity contribution is 6.06. The number of hydrogen-bond donors (Lipinski definition) is 0. The van der Waals surface area contributed by atoms with E-state index in [1.807, 2.05) is 0 Å². The van der Waals surface area contributed by atoms with E-state index in [-0.39, 0.29) is 10.8 Å². The van der Waals surface area contributed by atoms with Gasteiger partial charge in [-0.3, -0.25) is 0 Å². The number of nitrogens with zero attached hydrogens (tertiary/aromatic N) is 1. The van der Waals surface area contributed by atoms with Gasteiger partial charge in [0.1, 0.15) is 0 Å². The summed E-state index contributed by atoms with van der Waals surface area (Å²) in [6.45, 7) is 9.47. The van der Waals surface area contributed by atoms with Gasteiger partial charge in [-0.15, -0.1) is 0 Å². The zero-order chi connectivity index (χ0) is 39.9. The van der Waals surface area contributed by atoms with Crippen LogP contribution in [-0.2, 0) is 10.8 Å². The zero-order valence-corrected chi connectivity index (χ0v) is 34.0. The molecule has 11 rings (SSSR count). The first kappa shape index (κ1) is 35.2. The van der Waals surface area contributed by atoms with Gasteiger partial charge in [-0.05, 0) is 108 Å². The minimum Gasteiger partial charge on any atom is -0.309 e. The summed E-state index contributed by atoms with van der Waals surface area (Å²) in [4.78, 5) is 2.49. The summed E-state index contributed by atoms with van der Waals surface area (Å²) in [6.07, 6.45) is 0. The highest BCUT2D eigenvalue weighted by atomic mass is 15.1. The first-order valence-corrected chi connectivity index (χ1v) is 20.8. The molecule has 2 aliphatic rings. The molecule has 2 aliphatic carbocycles. The van der Waals surface area contributed by atoms with Crippen LogP contribution in [-0.4, -0.2) is 0 Å². The third kappa shape index (κ3) is 5.45. The van der Waals surface area contributed by atoms with Gasteiger partial charge in [-0.2, -0.15) is 0 Å². The van der Waals surface area contributed by atoms with E-state index < -0.39 is 0 Å². The number of rotatable bonds is 6. The quantitative estimate of drug-likeness (QED) is 0.163. The van der Waals surface area contributed by atoms with Crippen molar-refractivity contribution < 1.29 is 0 Å². The fourth-order valence-corrected chi connectivity index (χ4v) is 10.3. The Balaban J connectivity index is 1.09. The molecule has 282 valence electrons. The van der Waals surface area contributed by atoms with Crippen LogP contribution in [0, 0.1) is 0 Å². The number of anilines is 3. The maximum Gasteiger partial charge on any atom is 0.0618 e. The molecule has 0 aromatic heterocycles. The summed E-state index contributed by atoms with van der Waals surface area (Å²) in [5, 5.41) is 2.42. The largest absolute Gasteiger partial charge is 0.309 e. The highest BCUT2D eigenvalue weighted by Crippen LogP contribution is 2.54. The van der Waals surface area contributed by atoms with Crippen molar-refractivity contribution in [3.8, 4) is 55.6 Å². The lowest BCUT2D eigenvalue weighted by Gasteiger charge is -2.30. The fourth-order valence-electron chi connectivity index (χ4n) is 10.3. The monoisotopic (exact) mass is 755 g/mol. The number of fused-ring (bicyclic) bond motifs is 7. The van der Waals surface area contributed by atoms with Crippen LogP contribution in [0.3, 0.4) is 0 Å². The summed E-state index contributed by atoms with van der Waals surface area (Å²) in [7, 11) is 0. The molecule has 59 heavy (non-hydrogen) atoms. The fraction of sp³-hybridized carbons (Fsp3) is 0.103. The summed E-state index contributed by atoms with van der Waals surface area (Å²) < 4.78 is 0. The molecule has 0 N–H and O–H groups in total. The molecular formula is C58H45N. The van der Waals surface area contributed by atoms with Crippen molar-refractivity contribution in [3.05, 3.63) is 222 Å². The molecule has 0 spiro atoms. The second-order valence-electron chi connectivity index (χ2n) is 17.3. The second kappa shape index (κ2) is 13.3. The second-order valence-corrected chi connectivity index (χ2v) is 17.3. The van der Waals surface area contributed by atoms with E-state index in [4.69, 9.17) is 0 Å². The van der Waals surface area contributed by atoms with Crippen molar-refractivity contribution in [2.24, 2.45) is 0 Å². The van der Waals surface area contributed by atoms with Gasteiger partial charge < -0.3 is 4.90 Å². The number of hydrogen-bond acceptors (Lipinski definition) is 1. The highest BCUT2D eigenvalue weighted by Gasteiger charge is 2.38.